The molecule has 0 fully saturated rings. The smallest absolute Gasteiger partial charge is 0.438 e. The average molecular weight is 921 g/mol. The van der Waals surface area contributed by atoms with Crippen molar-refractivity contribution in [2.75, 3.05) is 24.0 Å². The van der Waals surface area contributed by atoms with Gasteiger partial charge in [-0.3, -0.25) is 0 Å². The van der Waals surface area contributed by atoms with E-state index in [1.165, 1.54) is 14.2 Å². The Morgan fingerprint density at radius 1 is 0.343 bits per heavy atom. The molecule has 8 nitrogen and oxygen atoms in total. The molecule has 0 saturated heterocycles. The molecule has 0 aliphatic rings. The van der Waals surface area contributed by atoms with E-state index in [1.807, 2.05) is 109 Å². The summed E-state index contributed by atoms with van der Waals surface area (Å²) in [4.78, 5) is 27.7. The quantitative estimate of drug-likeness (QED) is 0.0660. The Morgan fingerprint density at radius 2 is 0.600 bits per heavy atom. The molecule has 8 aromatic carbocycles. The Labute approximate surface area is 409 Å². The summed E-state index contributed by atoms with van der Waals surface area (Å²) in [6, 6.07) is 70.3. The summed E-state index contributed by atoms with van der Waals surface area (Å²) >= 11 is 0. The molecule has 0 saturated carbocycles. The Hall–Kier alpha value is -9.14. The van der Waals surface area contributed by atoms with Crippen molar-refractivity contribution in [3.63, 3.8) is 0 Å². The van der Waals surface area contributed by atoms with E-state index in [4.69, 9.17) is 9.47 Å². The van der Waals surface area contributed by atoms with Crippen LogP contribution in [0.1, 0.15) is 33.4 Å². The lowest BCUT2D eigenvalue weighted by Gasteiger charge is -2.26. The molecule has 0 unspecified atom stereocenters. The van der Waals surface area contributed by atoms with Gasteiger partial charge in [0, 0.05) is 34.1 Å². The number of methoxy groups -OCH3 is 2. The van der Waals surface area contributed by atoms with Crippen LogP contribution in [-0.2, 0) is 32.2 Å². The Balaban J connectivity index is 1.04. The van der Waals surface area contributed by atoms with Crippen LogP contribution in [0.5, 0.6) is 0 Å². The molecule has 0 bridgehead atoms. The lowest BCUT2D eigenvalue weighted by atomic mass is 10.0. The minimum Gasteiger partial charge on any atom is -0.438 e. The fourth-order valence-corrected chi connectivity index (χ4v) is 7.65. The van der Waals surface area contributed by atoms with Gasteiger partial charge >= 0.3 is 12.3 Å². The van der Waals surface area contributed by atoms with E-state index in [0.717, 1.165) is 78.6 Å². The largest absolute Gasteiger partial charge is 0.508 e. The highest BCUT2D eigenvalue weighted by atomic mass is 16.7. The molecule has 0 aliphatic heterocycles. The van der Waals surface area contributed by atoms with Gasteiger partial charge in [0.05, 0.1) is 14.2 Å². The molecule has 346 valence electrons. The van der Waals surface area contributed by atoms with E-state index in [-0.39, 0.29) is 13.2 Å². The first-order valence-electron chi connectivity index (χ1n) is 22.8. The maximum Gasteiger partial charge on any atom is 0.508 e. The second-order valence-corrected chi connectivity index (χ2v) is 16.0. The predicted molar refractivity (Wildman–Crippen MR) is 285 cm³/mol. The number of rotatable bonds is 17. The first-order valence-corrected chi connectivity index (χ1v) is 22.8. The topological polar surface area (TPSA) is 77.5 Å². The van der Waals surface area contributed by atoms with Crippen molar-refractivity contribution < 1.29 is 28.5 Å². The second kappa shape index (κ2) is 24.1. The number of carbonyl (C=O) groups is 2. The summed E-state index contributed by atoms with van der Waals surface area (Å²) in [5, 5.41) is 0. The molecule has 0 aliphatic carbocycles. The SMILES string of the molecule is COC(=O)OCc1ccc(N(c2ccc(/C=C/C=C/c3ccccc3)cc2)c2ccc(-c3ccc(N(c4ccc(/C=C/C=C/c5ccccc5)cc4)c4ccc(COC(=O)OC)cc4)cc3)cc2)cc1. The molecule has 0 amide bonds. The Morgan fingerprint density at radius 3 is 0.886 bits per heavy atom. The van der Waals surface area contributed by atoms with Crippen LogP contribution in [0.4, 0.5) is 43.7 Å². The van der Waals surface area contributed by atoms with E-state index < -0.39 is 12.3 Å². The molecule has 8 rings (SSSR count). The minimum absolute atomic E-state index is 0.107. The normalized spacial score (nSPS) is 11.3. The van der Waals surface area contributed by atoms with Gasteiger partial charge in [0.1, 0.15) is 13.2 Å². The van der Waals surface area contributed by atoms with Crippen molar-refractivity contribution in [3.8, 4) is 11.1 Å². The van der Waals surface area contributed by atoms with Crippen LogP contribution in [0.3, 0.4) is 0 Å². The van der Waals surface area contributed by atoms with Gasteiger partial charge in [-0.05, 0) is 117 Å². The van der Waals surface area contributed by atoms with E-state index in [2.05, 4.69) is 165 Å². The van der Waals surface area contributed by atoms with Crippen LogP contribution >= 0.6 is 0 Å². The molecule has 0 radical (unpaired) electrons. The number of hydrogen-bond donors (Lipinski definition) is 0. The number of ether oxygens (including phenoxy) is 4. The number of benzene rings is 8. The Bertz CT molecular complexity index is 2830. The van der Waals surface area contributed by atoms with E-state index >= 15 is 0 Å². The fraction of sp³-hybridized carbons (Fsp3) is 0.0645. The van der Waals surface area contributed by atoms with Crippen LogP contribution in [0.15, 0.2) is 231 Å². The zero-order valence-corrected chi connectivity index (χ0v) is 39.0. The van der Waals surface area contributed by atoms with Crippen molar-refractivity contribution in [3.05, 3.63) is 264 Å². The summed E-state index contributed by atoms with van der Waals surface area (Å²) in [7, 11) is 2.59. The maximum atomic E-state index is 11.6. The summed E-state index contributed by atoms with van der Waals surface area (Å²) in [5.41, 5.74) is 14.1. The summed E-state index contributed by atoms with van der Waals surface area (Å²) < 4.78 is 19.7. The second-order valence-electron chi connectivity index (χ2n) is 16.0. The predicted octanol–water partition coefficient (Wildman–Crippen LogP) is 16.3. The highest BCUT2D eigenvalue weighted by Crippen LogP contribution is 2.38. The molecular weight excluding hydrogens is 869 g/mol. The van der Waals surface area contributed by atoms with Gasteiger partial charge in [0.2, 0.25) is 0 Å². The summed E-state index contributed by atoms with van der Waals surface area (Å²) in [5.74, 6) is 0. The van der Waals surface area contributed by atoms with Crippen LogP contribution < -0.4 is 9.80 Å². The van der Waals surface area contributed by atoms with Gasteiger partial charge in [-0.1, -0.05) is 182 Å². The number of anilines is 6. The zero-order chi connectivity index (χ0) is 48.3. The van der Waals surface area contributed by atoms with E-state index in [9.17, 15) is 9.59 Å². The molecule has 0 heterocycles. The number of nitrogens with zero attached hydrogens (tertiary/aromatic N) is 2. The maximum absolute atomic E-state index is 11.6. The highest BCUT2D eigenvalue weighted by Gasteiger charge is 2.16. The first-order chi connectivity index (χ1) is 34.4. The molecule has 0 spiro atoms. The minimum atomic E-state index is -0.722. The van der Waals surface area contributed by atoms with Crippen LogP contribution in [-0.4, -0.2) is 26.5 Å². The third-order valence-electron chi connectivity index (χ3n) is 11.3. The molecule has 0 aromatic heterocycles. The molecule has 8 heteroatoms. The van der Waals surface area contributed by atoms with Crippen molar-refractivity contribution in [1.29, 1.82) is 0 Å². The van der Waals surface area contributed by atoms with Crippen LogP contribution in [0, 0.1) is 0 Å². The van der Waals surface area contributed by atoms with Gasteiger partial charge in [-0.25, -0.2) is 9.59 Å². The third kappa shape index (κ3) is 13.1. The van der Waals surface area contributed by atoms with Crippen molar-refractivity contribution in [2.45, 2.75) is 13.2 Å². The summed E-state index contributed by atoms with van der Waals surface area (Å²) in [6.45, 7) is 0.214. The van der Waals surface area contributed by atoms with Crippen molar-refractivity contribution >= 4 is 70.7 Å². The van der Waals surface area contributed by atoms with Crippen LogP contribution in [0.25, 0.3) is 35.4 Å². The van der Waals surface area contributed by atoms with Gasteiger partial charge in [0.25, 0.3) is 0 Å². The van der Waals surface area contributed by atoms with Crippen molar-refractivity contribution in [2.24, 2.45) is 0 Å². The zero-order valence-electron chi connectivity index (χ0n) is 39.0. The third-order valence-corrected chi connectivity index (χ3v) is 11.3. The van der Waals surface area contributed by atoms with E-state index in [0.29, 0.717) is 0 Å². The molecular formula is C62H52N2O6. The number of hydrogen-bond acceptors (Lipinski definition) is 8. The first kappa shape index (κ1) is 47.4. The summed E-state index contributed by atoms with van der Waals surface area (Å²) in [6.07, 6.45) is 15.1. The van der Waals surface area contributed by atoms with Gasteiger partial charge < -0.3 is 28.7 Å². The fourth-order valence-electron chi connectivity index (χ4n) is 7.65. The average Bonchev–Trinajstić information content (AvgIpc) is 3.42. The van der Waals surface area contributed by atoms with Gasteiger partial charge in [0.15, 0.2) is 0 Å². The standard InChI is InChI=1S/C62H52N2O6/c1-67-61(65)69-45-51-25-37-57(38-26-51)63(55-33-21-49(22-34-55)19-11-9-17-47-13-5-3-6-14-47)59-41-29-53(30-42-59)54-31-43-60(44-32-54)64(58-39-27-52(28-40-58)46-70-62(66)68-2)56-35-23-50(24-36-56)20-12-10-18-48-15-7-4-8-16-48/h3-44H,45-46H2,1-2H3/b17-9+,18-10+,19-11+,20-12+. The highest BCUT2D eigenvalue weighted by molar-refractivity contribution is 5.81. The molecule has 8 aromatic rings. The van der Waals surface area contributed by atoms with E-state index in [1.54, 1.807) is 0 Å². The number of carbonyl (C=O) groups excluding carboxylic acids is 2. The van der Waals surface area contributed by atoms with Gasteiger partial charge in [-0.2, -0.15) is 0 Å². The van der Waals surface area contributed by atoms with Crippen molar-refractivity contribution in [1.82, 2.24) is 0 Å². The van der Waals surface area contributed by atoms with Gasteiger partial charge in [-0.15, -0.1) is 0 Å². The monoisotopic (exact) mass is 920 g/mol. The number of allylic oxidation sites excluding steroid dienone is 4. The lowest BCUT2D eigenvalue weighted by Crippen LogP contribution is -2.10. The lowest BCUT2D eigenvalue weighted by molar-refractivity contribution is 0.0660. The van der Waals surface area contributed by atoms with Crippen LogP contribution in [0.2, 0.25) is 0 Å². The molecule has 0 atom stereocenters. The Kier molecular flexibility index (Phi) is 16.3. The molecule has 0 N–H and O–H groups in total. The molecule has 70 heavy (non-hydrogen) atoms.